The number of nitrogens with one attached hydrogen (secondary N) is 2. The average Bonchev–Trinajstić information content (AvgIpc) is 3.00. The maximum Gasteiger partial charge on any atom is 0.226 e. The molecule has 24 heavy (non-hydrogen) atoms. The van der Waals surface area contributed by atoms with Crippen molar-refractivity contribution in [2.45, 2.75) is 72.1 Å². The van der Waals surface area contributed by atoms with Gasteiger partial charge in [-0.2, -0.15) is 4.98 Å². The Morgan fingerprint density at radius 3 is 2.54 bits per heavy atom. The fraction of sp³-hybridized carbons (Fsp3) is 0.824. The quantitative estimate of drug-likeness (QED) is 0.231. The molecular formula is C17H34IN5O. The number of hydrogen-bond acceptors (Lipinski definition) is 4. The van der Waals surface area contributed by atoms with Crippen LogP contribution in [0, 0.1) is 0 Å². The smallest absolute Gasteiger partial charge is 0.226 e. The van der Waals surface area contributed by atoms with Gasteiger partial charge in [0.05, 0.1) is 0 Å². The molecule has 0 bridgehead atoms. The van der Waals surface area contributed by atoms with E-state index in [0.717, 1.165) is 44.3 Å². The zero-order valence-electron chi connectivity index (χ0n) is 15.6. The number of aromatic nitrogens is 2. The molecule has 0 aliphatic carbocycles. The predicted octanol–water partition coefficient (Wildman–Crippen LogP) is 3.88. The minimum absolute atomic E-state index is 0. The molecule has 0 aliphatic rings. The third-order valence-corrected chi connectivity index (χ3v) is 3.49. The van der Waals surface area contributed by atoms with Crippen molar-refractivity contribution < 1.29 is 4.52 Å². The lowest BCUT2D eigenvalue weighted by Crippen LogP contribution is -2.37. The Kier molecular flexibility index (Phi) is 14.0. The van der Waals surface area contributed by atoms with Gasteiger partial charge in [-0.3, -0.25) is 4.99 Å². The molecule has 2 N–H and O–H groups in total. The molecule has 0 saturated heterocycles. The highest BCUT2D eigenvalue weighted by Gasteiger charge is 2.08. The second kappa shape index (κ2) is 14.5. The van der Waals surface area contributed by atoms with Crippen molar-refractivity contribution >= 4 is 29.9 Å². The van der Waals surface area contributed by atoms with E-state index in [0.29, 0.717) is 11.8 Å². The Bertz CT molecular complexity index is 448. The first-order valence-electron chi connectivity index (χ1n) is 9.02. The summed E-state index contributed by atoms with van der Waals surface area (Å²) in [6.45, 7) is 11.0. The van der Waals surface area contributed by atoms with E-state index in [1.165, 1.54) is 25.7 Å². The maximum absolute atomic E-state index is 5.24. The average molecular weight is 451 g/mol. The summed E-state index contributed by atoms with van der Waals surface area (Å²) in [5, 5.41) is 10.6. The van der Waals surface area contributed by atoms with Gasteiger partial charge < -0.3 is 15.2 Å². The maximum atomic E-state index is 5.24. The lowest BCUT2D eigenvalue weighted by Gasteiger charge is -2.10. The SMILES string of the molecule is CCCCCCNC(=NCCCc1nc(C(C)C)no1)NCC.I. The van der Waals surface area contributed by atoms with Crippen LogP contribution in [0.4, 0.5) is 0 Å². The van der Waals surface area contributed by atoms with Crippen molar-refractivity contribution in [3.63, 3.8) is 0 Å². The summed E-state index contributed by atoms with van der Waals surface area (Å²) in [6, 6.07) is 0. The molecule has 6 nitrogen and oxygen atoms in total. The van der Waals surface area contributed by atoms with Gasteiger partial charge in [0.25, 0.3) is 0 Å². The molecule has 0 amide bonds. The van der Waals surface area contributed by atoms with Gasteiger partial charge in [-0.15, -0.1) is 24.0 Å². The van der Waals surface area contributed by atoms with E-state index in [4.69, 9.17) is 4.52 Å². The second-order valence-electron chi connectivity index (χ2n) is 6.05. The number of hydrogen-bond donors (Lipinski definition) is 2. The molecule has 0 spiro atoms. The van der Waals surface area contributed by atoms with Crippen molar-refractivity contribution in [1.29, 1.82) is 0 Å². The number of unbranched alkanes of at least 4 members (excludes halogenated alkanes) is 3. The van der Waals surface area contributed by atoms with Crippen LogP contribution in [-0.4, -0.2) is 35.7 Å². The van der Waals surface area contributed by atoms with Crippen LogP contribution in [0.2, 0.25) is 0 Å². The third kappa shape index (κ3) is 10.1. The van der Waals surface area contributed by atoms with Gasteiger partial charge in [0.15, 0.2) is 11.8 Å². The zero-order chi connectivity index (χ0) is 16.9. The first kappa shape index (κ1) is 23.1. The zero-order valence-corrected chi connectivity index (χ0v) is 17.9. The summed E-state index contributed by atoms with van der Waals surface area (Å²) in [7, 11) is 0. The molecule has 1 aromatic rings. The van der Waals surface area contributed by atoms with Crippen molar-refractivity contribution in [2.24, 2.45) is 4.99 Å². The van der Waals surface area contributed by atoms with Crippen molar-refractivity contribution in [2.75, 3.05) is 19.6 Å². The molecule has 7 heteroatoms. The first-order valence-corrected chi connectivity index (χ1v) is 9.02. The lowest BCUT2D eigenvalue weighted by atomic mass is 10.2. The van der Waals surface area contributed by atoms with E-state index in [1.807, 2.05) is 0 Å². The van der Waals surface area contributed by atoms with Gasteiger partial charge in [-0.25, -0.2) is 0 Å². The topological polar surface area (TPSA) is 75.3 Å². The van der Waals surface area contributed by atoms with Crippen LogP contribution in [0.25, 0.3) is 0 Å². The molecule has 140 valence electrons. The van der Waals surface area contributed by atoms with Crippen LogP contribution in [-0.2, 0) is 6.42 Å². The summed E-state index contributed by atoms with van der Waals surface area (Å²) >= 11 is 0. The number of halogens is 1. The third-order valence-electron chi connectivity index (χ3n) is 3.49. The summed E-state index contributed by atoms with van der Waals surface area (Å²) < 4.78 is 5.24. The number of aryl methyl sites for hydroxylation is 1. The lowest BCUT2D eigenvalue weighted by molar-refractivity contribution is 0.369. The highest BCUT2D eigenvalue weighted by Crippen LogP contribution is 2.10. The normalized spacial score (nSPS) is 11.5. The molecule has 0 atom stereocenters. The largest absolute Gasteiger partial charge is 0.357 e. The Morgan fingerprint density at radius 2 is 1.92 bits per heavy atom. The number of aliphatic imine (C=N–C) groups is 1. The predicted molar refractivity (Wildman–Crippen MR) is 110 cm³/mol. The van der Waals surface area contributed by atoms with Crippen LogP contribution in [0.15, 0.2) is 9.52 Å². The fourth-order valence-corrected chi connectivity index (χ4v) is 2.13. The summed E-state index contributed by atoms with van der Waals surface area (Å²) in [6.07, 6.45) is 6.72. The standard InChI is InChI=1S/C17H33N5O.HI/c1-5-7-8-9-12-19-17(18-6-2)20-13-10-11-15-21-16(14(3)4)22-23-15;/h14H,5-13H2,1-4H3,(H2,18,19,20);1H. The van der Waals surface area contributed by atoms with Gasteiger partial charge in [-0.05, 0) is 19.8 Å². The molecule has 1 aromatic heterocycles. The molecular weight excluding hydrogens is 417 g/mol. The highest BCUT2D eigenvalue weighted by molar-refractivity contribution is 14.0. The molecule has 1 heterocycles. The molecule has 0 fully saturated rings. The van der Waals surface area contributed by atoms with Gasteiger partial charge >= 0.3 is 0 Å². The van der Waals surface area contributed by atoms with E-state index in [2.05, 4.69) is 53.5 Å². The Labute approximate surface area is 163 Å². The highest BCUT2D eigenvalue weighted by atomic mass is 127. The number of nitrogens with zero attached hydrogens (tertiary/aromatic N) is 3. The van der Waals surface area contributed by atoms with Crippen LogP contribution < -0.4 is 10.6 Å². The number of rotatable bonds is 11. The molecule has 0 aliphatic heterocycles. The minimum atomic E-state index is 0. The van der Waals surface area contributed by atoms with Crippen molar-refractivity contribution in [3.8, 4) is 0 Å². The van der Waals surface area contributed by atoms with Crippen molar-refractivity contribution in [1.82, 2.24) is 20.8 Å². The van der Waals surface area contributed by atoms with Crippen LogP contribution in [0.1, 0.15) is 77.4 Å². The molecule has 1 rings (SSSR count). The monoisotopic (exact) mass is 451 g/mol. The Hall–Kier alpha value is -0.860. The summed E-state index contributed by atoms with van der Waals surface area (Å²) in [4.78, 5) is 8.98. The van der Waals surface area contributed by atoms with E-state index in [1.54, 1.807) is 0 Å². The second-order valence-corrected chi connectivity index (χ2v) is 6.05. The Morgan fingerprint density at radius 1 is 1.12 bits per heavy atom. The summed E-state index contributed by atoms with van der Waals surface area (Å²) in [5.74, 6) is 2.70. The van der Waals surface area contributed by atoms with Crippen molar-refractivity contribution in [3.05, 3.63) is 11.7 Å². The van der Waals surface area contributed by atoms with E-state index in [-0.39, 0.29) is 24.0 Å². The molecule has 0 unspecified atom stereocenters. The molecule has 0 saturated carbocycles. The van der Waals surface area contributed by atoms with Gasteiger partial charge in [0, 0.05) is 32.0 Å². The molecule has 0 aromatic carbocycles. The number of guanidine groups is 1. The van der Waals surface area contributed by atoms with E-state index < -0.39 is 0 Å². The van der Waals surface area contributed by atoms with E-state index >= 15 is 0 Å². The van der Waals surface area contributed by atoms with Crippen LogP contribution in [0.3, 0.4) is 0 Å². The first-order chi connectivity index (χ1) is 11.2. The Balaban J connectivity index is 0.00000529. The van der Waals surface area contributed by atoms with Crippen LogP contribution in [0.5, 0.6) is 0 Å². The van der Waals surface area contributed by atoms with Crippen LogP contribution >= 0.6 is 24.0 Å². The minimum Gasteiger partial charge on any atom is -0.357 e. The van der Waals surface area contributed by atoms with Gasteiger partial charge in [-0.1, -0.05) is 45.2 Å². The fourth-order valence-electron chi connectivity index (χ4n) is 2.13. The molecule has 0 radical (unpaired) electrons. The van der Waals surface area contributed by atoms with E-state index in [9.17, 15) is 0 Å². The van der Waals surface area contributed by atoms with Gasteiger partial charge in [0.2, 0.25) is 5.89 Å². The summed E-state index contributed by atoms with van der Waals surface area (Å²) in [5.41, 5.74) is 0. The van der Waals surface area contributed by atoms with Gasteiger partial charge in [0.1, 0.15) is 0 Å².